The Labute approximate surface area is 355 Å². The smallest absolute Gasteiger partial charge is 0.410 e. The first-order valence-corrected chi connectivity index (χ1v) is 20.9. The lowest BCUT2D eigenvalue weighted by Gasteiger charge is -2.31. The van der Waals surface area contributed by atoms with Crippen LogP contribution in [0.4, 0.5) is 9.59 Å². The van der Waals surface area contributed by atoms with E-state index in [0.717, 1.165) is 87.6 Å². The molecule has 2 fully saturated rings. The molecule has 3 aromatic carbocycles. The molecule has 2 unspecified atom stereocenters. The topological polar surface area (TPSA) is 149 Å². The molecule has 0 bridgehead atoms. The lowest BCUT2D eigenvalue weighted by Crippen LogP contribution is -2.36. The molecule has 6 heterocycles. The van der Waals surface area contributed by atoms with Gasteiger partial charge in [-0.05, 0) is 110 Å². The first-order chi connectivity index (χ1) is 29.2. The number of hydrogen-bond acceptors (Lipinski definition) is 9. The highest BCUT2D eigenvalue weighted by Gasteiger charge is 2.37. The van der Waals surface area contributed by atoms with Crippen molar-refractivity contribution < 1.29 is 33.3 Å². The average Bonchev–Trinajstić information content (AvgIpc) is 4.07. The first kappa shape index (κ1) is 40.0. The molecule has 3 aliphatic heterocycles. The molecule has 0 aliphatic carbocycles. The molecule has 6 aromatic rings. The lowest BCUT2D eigenvalue weighted by molar-refractivity contribution is 0.0208. The predicted octanol–water partition coefficient (Wildman–Crippen LogP) is 10.2. The van der Waals surface area contributed by atoms with Crippen LogP contribution in [0.1, 0.15) is 103 Å². The van der Waals surface area contributed by atoms with Crippen molar-refractivity contribution in [2.75, 3.05) is 27.3 Å². The maximum Gasteiger partial charge on any atom is 0.410 e. The summed E-state index contributed by atoms with van der Waals surface area (Å²) in [4.78, 5) is 46.3. The number of aromatic nitrogens is 5. The summed E-state index contributed by atoms with van der Waals surface area (Å²) < 4.78 is 32.0. The number of carbonyl (C=O) groups is 2. The highest BCUT2D eigenvalue weighted by molar-refractivity contribution is 5.92. The van der Waals surface area contributed by atoms with E-state index >= 15 is 0 Å². The molecule has 0 saturated carbocycles. The summed E-state index contributed by atoms with van der Waals surface area (Å²) in [6.07, 6.45) is 5.80. The minimum atomic E-state index is -0.587. The molecule has 9 rings (SSSR count). The minimum Gasteiger partial charge on any atom is -0.497 e. The van der Waals surface area contributed by atoms with Gasteiger partial charge in [0.2, 0.25) is 6.23 Å². The number of methoxy groups -OCH3 is 2. The van der Waals surface area contributed by atoms with Crippen molar-refractivity contribution in [3.8, 4) is 51.0 Å². The molecule has 14 heteroatoms. The Morgan fingerprint density at radius 2 is 1.25 bits per heavy atom. The molecule has 2 N–H and O–H groups in total. The van der Waals surface area contributed by atoms with Crippen LogP contribution in [0.5, 0.6) is 17.2 Å². The van der Waals surface area contributed by atoms with Crippen molar-refractivity contribution in [1.29, 1.82) is 0 Å². The van der Waals surface area contributed by atoms with Gasteiger partial charge in [0.05, 0.1) is 61.3 Å². The van der Waals surface area contributed by atoms with Gasteiger partial charge < -0.3 is 38.2 Å². The van der Waals surface area contributed by atoms with Gasteiger partial charge in [0.15, 0.2) is 0 Å². The van der Waals surface area contributed by atoms with E-state index in [1.165, 1.54) is 0 Å². The molecule has 3 atom stereocenters. The quantitative estimate of drug-likeness (QED) is 0.160. The largest absolute Gasteiger partial charge is 0.497 e. The van der Waals surface area contributed by atoms with E-state index in [1.54, 1.807) is 24.0 Å². The number of nitrogens with one attached hydrogen (secondary N) is 2. The van der Waals surface area contributed by atoms with Crippen molar-refractivity contribution in [2.24, 2.45) is 0 Å². The van der Waals surface area contributed by atoms with Crippen LogP contribution in [0, 0.1) is 0 Å². The summed E-state index contributed by atoms with van der Waals surface area (Å²) in [6, 6.07) is 20.2. The Morgan fingerprint density at radius 3 is 1.79 bits per heavy atom. The van der Waals surface area contributed by atoms with Gasteiger partial charge in [-0.3, -0.25) is 9.80 Å². The normalized spacial score (nSPS) is 18.8. The molecule has 318 valence electrons. The monoisotopic (exact) mass is 827 g/mol. The van der Waals surface area contributed by atoms with E-state index in [-0.39, 0.29) is 24.3 Å². The zero-order chi connectivity index (χ0) is 42.8. The molecule has 2 saturated heterocycles. The first-order valence-electron chi connectivity index (χ1n) is 20.9. The average molecular weight is 828 g/mol. The Balaban J connectivity index is 1.07. The van der Waals surface area contributed by atoms with Crippen molar-refractivity contribution in [3.05, 3.63) is 90.3 Å². The number of aromatic amines is 2. The summed E-state index contributed by atoms with van der Waals surface area (Å²) in [5.74, 6) is 3.47. The highest BCUT2D eigenvalue weighted by Crippen LogP contribution is 2.47. The van der Waals surface area contributed by atoms with E-state index in [4.69, 9.17) is 33.7 Å². The van der Waals surface area contributed by atoms with Crippen LogP contribution in [0.2, 0.25) is 0 Å². The number of benzene rings is 3. The van der Waals surface area contributed by atoms with Crippen molar-refractivity contribution >= 4 is 23.1 Å². The number of rotatable bonds is 7. The molecule has 2 amide bonds. The van der Waals surface area contributed by atoms with Crippen molar-refractivity contribution in [3.63, 3.8) is 0 Å². The number of nitrogens with zero attached hydrogens (tertiary/aromatic N) is 5. The van der Waals surface area contributed by atoms with Gasteiger partial charge in [0, 0.05) is 46.8 Å². The van der Waals surface area contributed by atoms with E-state index in [0.29, 0.717) is 30.3 Å². The van der Waals surface area contributed by atoms with Gasteiger partial charge in [-0.25, -0.2) is 19.6 Å². The van der Waals surface area contributed by atoms with Crippen LogP contribution in [-0.4, -0.2) is 85.0 Å². The SMILES string of the molecule is COc1cc(OC)cc(C2Oc3cc(-c4cnc(C5CCCN5C(=O)OC(C)(C)C)[nH]4)ccc3-c3cc4cc(-c5cnc([C@@H]6CCCN6C(=O)OC(C)(C)C)[nH]5)ccc4n32)c1. The number of fused-ring (bicyclic) bond motifs is 5. The maximum atomic E-state index is 13.1. The molecular weight excluding hydrogens is 775 g/mol. The van der Waals surface area contributed by atoms with Crippen molar-refractivity contribution in [1.82, 2.24) is 34.3 Å². The van der Waals surface area contributed by atoms with Gasteiger partial charge in [-0.1, -0.05) is 12.1 Å². The Morgan fingerprint density at radius 1 is 0.705 bits per heavy atom. The van der Waals surface area contributed by atoms with Gasteiger partial charge in [-0.2, -0.15) is 0 Å². The maximum absolute atomic E-state index is 13.1. The van der Waals surface area contributed by atoms with Gasteiger partial charge in [0.1, 0.15) is 40.1 Å². The number of H-pyrrole nitrogens is 2. The fourth-order valence-electron chi connectivity index (χ4n) is 8.71. The lowest BCUT2D eigenvalue weighted by atomic mass is 10.0. The summed E-state index contributed by atoms with van der Waals surface area (Å²) >= 11 is 0. The standard InChI is InChI=1S/C47H53N7O7/c1-46(2,3)60-44(55)52-17-9-11-37(52)41-48-25-34(50-41)27-14-16-36-29(19-27)22-39-33-15-13-28(23-40(33)59-43(54(36)39)30-20-31(57-7)24-32(21-30)58-8)35-26-49-42(51-35)38-12-10-18-53(38)45(56)61-47(4,5)6/h13-16,19-26,37-38,43H,9-12,17-18H2,1-8H3,(H,48,50)(H,49,51)/t37-,38?,43?/m0/s1. The molecule has 0 radical (unpaired) electrons. The van der Waals surface area contributed by atoms with Crippen LogP contribution in [-0.2, 0) is 9.47 Å². The van der Waals surface area contributed by atoms with E-state index in [2.05, 4.69) is 50.9 Å². The summed E-state index contributed by atoms with van der Waals surface area (Å²) in [6.45, 7) is 12.5. The van der Waals surface area contributed by atoms with Crippen molar-refractivity contribution in [2.45, 2.75) is 96.7 Å². The van der Waals surface area contributed by atoms with Crippen LogP contribution < -0.4 is 14.2 Å². The fourth-order valence-corrected chi connectivity index (χ4v) is 8.71. The van der Waals surface area contributed by atoms with Crippen LogP contribution in [0.15, 0.2) is 73.1 Å². The molecule has 3 aliphatic rings. The Bertz CT molecular complexity index is 2610. The van der Waals surface area contributed by atoms with Crippen LogP contribution in [0.3, 0.4) is 0 Å². The fraction of sp³-hybridized carbons (Fsp3) is 0.404. The molecule has 14 nitrogen and oxygen atoms in total. The second-order valence-corrected chi connectivity index (χ2v) is 18.0. The third kappa shape index (κ3) is 7.75. The second kappa shape index (κ2) is 15.2. The zero-order valence-electron chi connectivity index (χ0n) is 36.0. The third-order valence-corrected chi connectivity index (χ3v) is 11.4. The van der Waals surface area contributed by atoms with Gasteiger partial charge >= 0.3 is 12.2 Å². The predicted molar refractivity (Wildman–Crippen MR) is 231 cm³/mol. The molecule has 61 heavy (non-hydrogen) atoms. The Kier molecular flexibility index (Phi) is 9.99. The molecule has 0 spiro atoms. The summed E-state index contributed by atoms with van der Waals surface area (Å²) in [7, 11) is 3.28. The van der Waals surface area contributed by atoms with Crippen LogP contribution in [0.25, 0.3) is 44.7 Å². The number of likely N-dealkylation sites (tertiary alicyclic amines) is 2. The third-order valence-electron chi connectivity index (χ3n) is 11.4. The zero-order valence-corrected chi connectivity index (χ0v) is 36.0. The molecule has 3 aromatic heterocycles. The number of carbonyl (C=O) groups excluding carboxylic acids is 2. The summed E-state index contributed by atoms with van der Waals surface area (Å²) in [5.41, 5.74) is 6.14. The summed E-state index contributed by atoms with van der Waals surface area (Å²) in [5, 5.41) is 1.02. The number of ether oxygens (including phenoxy) is 5. The minimum absolute atomic E-state index is 0.184. The van der Waals surface area contributed by atoms with Gasteiger partial charge in [-0.15, -0.1) is 0 Å². The number of amides is 2. The van der Waals surface area contributed by atoms with Gasteiger partial charge in [0.25, 0.3) is 0 Å². The molecular formula is C47H53N7O7. The highest BCUT2D eigenvalue weighted by atomic mass is 16.6. The van der Waals surface area contributed by atoms with Crippen LogP contribution >= 0.6 is 0 Å². The number of imidazole rings is 2. The Hall–Kier alpha value is -6.44. The number of hydrogen-bond donors (Lipinski definition) is 2. The van der Waals surface area contributed by atoms with E-state index in [9.17, 15) is 9.59 Å². The van der Waals surface area contributed by atoms with E-state index < -0.39 is 17.4 Å². The second-order valence-electron chi connectivity index (χ2n) is 18.0. The van der Waals surface area contributed by atoms with E-state index in [1.807, 2.05) is 78.2 Å².